The molecule has 0 bridgehead atoms. The molecule has 2 unspecified atom stereocenters. The van der Waals surface area contributed by atoms with E-state index in [1.54, 1.807) is 40.6 Å². The number of aliphatic hydroxyl groups is 1. The number of carbonyl (C=O) groups is 1. The van der Waals surface area contributed by atoms with Crippen LogP contribution in [0.25, 0.3) is 11.3 Å². The van der Waals surface area contributed by atoms with Gasteiger partial charge in [-0.1, -0.05) is 17.7 Å². The van der Waals surface area contributed by atoms with Crippen LogP contribution in [0, 0.1) is 11.3 Å². The van der Waals surface area contributed by atoms with Gasteiger partial charge in [0.1, 0.15) is 11.8 Å². The lowest BCUT2D eigenvalue weighted by Crippen LogP contribution is -2.36. The predicted molar refractivity (Wildman–Crippen MR) is 118 cm³/mol. The van der Waals surface area contributed by atoms with Gasteiger partial charge in [0, 0.05) is 24.0 Å². The minimum Gasteiger partial charge on any atom is -0.387 e. The smallest absolute Gasteiger partial charge is 0.271 e. The predicted octanol–water partition coefficient (Wildman–Crippen LogP) is 3.08. The van der Waals surface area contributed by atoms with E-state index in [1.165, 1.54) is 6.33 Å². The number of hydrogen-bond donors (Lipinski definition) is 2. The summed E-state index contributed by atoms with van der Waals surface area (Å²) < 4.78 is 3.35. The highest BCUT2D eigenvalue weighted by molar-refractivity contribution is 6.32. The number of aromatic nitrogens is 4. The number of nitriles is 1. The van der Waals surface area contributed by atoms with Crippen molar-refractivity contribution in [1.29, 1.82) is 5.26 Å². The lowest BCUT2D eigenvalue weighted by atomic mass is 10.1. The molecule has 3 rings (SSSR count). The lowest BCUT2D eigenvalue weighted by molar-refractivity contribution is 0.0649. The Labute approximate surface area is 190 Å². The fraction of sp³-hybridized carbons (Fsp3) is 0.333. The number of carbonyl (C=O) groups excluding carboxylic acids is 1. The molecule has 0 fully saturated rings. The number of nitrogens with one attached hydrogen (secondary N) is 1. The highest BCUT2D eigenvalue weighted by Gasteiger charge is 2.21. The molecule has 0 spiro atoms. The summed E-state index contributed by atoms with van der Waals surface area (Å²) in [7, 11) is 0. The minimum absolute atomic E-state index is 0.0737. The third-order valence-electron chi connectivity index (χ3n) is 4.54. The van der Waals surface area contributed by atoms with Crippen molar-refractivity contribution in [2.45, 2.75) is 38.6 Å². The van der Waals surface area contributed by atoms with Gasteiger partial charge >= 0.3 is 0 Å². The van der Waals surface area contributed by atoms with E-state index >= 15 is 0 Å². The molecule has 1 amide bonds. The van der Waals surface area contributed by atoms with Gasteiger partial charge in [-0.2, -0.15) is 10.4 Å². The largest absolute Gasteiger partial charge is 0.387 e. The lowest BCUT2D eigenvalue weighted by Gasteiger charge is -2.20. The average molecular weight is 461 g/mol. The van der Waals surface area contributed by atoms with Gasteiger partial charge in [0.05, 0.1) is 47.2 Å². The summed E-state index contributed by atoms with van der Waals surface area (Å²) in [4.78, 5) is 16.6. The Kier molecular flexibility index (Phi) is 7.01. The van der Waals surface area contributed by atoms with Gasteiger partial charge in [0.15, 0.2) is 0 Å². The van der Waals surface area contributed by atoms with Crippen LogP contribution in [0.3, 0.4) is 0 Å². The molecule has 0 saturated carbocycles. The van der Waals surface area contributed by atoms with Crippen LogP contribution >= 0.6 is 23.2 Å². The standard InChI is InChI=1S/C21H22Cl2N6O2/c1-14(26-20(30)19-10-28(13-25-19)12-21(2,31)11-22)9-29-6-5-18(27-29)15-3-4-16(8-24)17(23)7-15/h3-7,10,13-14,31H,9,11-12H2,1-2H3,(H,26,30). The Morgan fingerprint density at radius 2 is 2.19 bits per heavy atom. The van der Waals surface area contributed by atoms with Gasteiger partial charge in [0.25, 0.3) is 5.91 Å². The molecule has 31 heavy (non-hydrogen) atoms. The maximum Gasteiger partial charge on any atom is 0.271 e. The SMILES string of the molecule is CC(Cn1ccc(-c2ccc(C#N)c(Cl)c2)n1)NC(=O)c1cn(CC(C)(O)CCl)cn1. The average Bonchev–Trinajstić information content (AvgIpc) is 3.37. The van der Waals surface area contributed by atoms with Crippen molar-refractivity contribution in [3.05, 3.63) is 59.3 Å². The molecule has 2 heterocycles. The van der Waals surface area contributed by atoms with Crippen LogP contribution in [0.1, 0.15) is 29.9 Å². The van der Waals surface area contributed by atoms with Gasteiger partial charge in [-0.3, -0.25) is 9.48 Å². The third kappa shape index (κ3) is 5.85. The highest BCUT2D eigenvalue weighted by atomic mass is 35.5. The number of nitrogens with zero attached hydrogens (tertiary/aromatic N) is 5. The Hall–Kier alpha value is -2.86. The molecule has 3 aromatic rings. The third-order valence-corrected chi connectivity index (χ3v) is 5.43. The van der Waals surface area contributed by atoms with E-state index in [-0.39, 0.29) is 30.1 Å². The van der Waals surface area contributed by atoms with E-state index in [2.05, 4.69) is 15.4 Å². The molecule has 0 aliphatic heterocycles. The number of alkyl halides is 1. The van der Waals surface area contributed by atoms with Gasteiger partial charge in [0.2, 0.25) is 0 Å². The van der Waals surface area contributed by atoms with Gasteiger partial charge in [-0.25, -0.2) is 4.98 Å². The van der Waals surface area contributed by atoms with Crippen LogP contribution in [-0.2, 0) is 13.1 Å². The summed E-state index contributed by atoms with van der Waals surface area (Å²) in [6.07, 6.45) is 4.87. The van der Waals surface area contributed by atoms with Crippen LogP contribution < -0.4 is 5.32 Å². The van der Waals surface area contributed by atoms with Crippen LogP contribution in [0.5, 0.6) is 0 Å². The van der Waals surface area contributed by atoms with Gasteiger partial charge in [-0.15, -0.1) is 11.6 Å². The summed E-state index contributed by atoms with van der Waals surface area (Å²) in [6, 6.07) is 8.82. The van der Waals surface area contributed by atoms with E-state index in [0.29, 0.717) is 17.1 Å². The van der Waals surface area contributed by atoms with Crippen LogP contribution in [0.4, 0.5) is 0 Å². The first-order valence-corrected chi connectivity index (χ1v) is 10.5. The zero-order valence-corrected chi connectivity index (χ0v) is 18.6. The number of amides is 1. The van der Waals surface area contributed by atoms with Crippen molar-refractivity contribution in [2.24, 2.45) is 0 Å². The molecule has 2 N–H and O–H groups in total. The molecule has 1 aromatic carbocycles. The first-order chi connectivity index (χ1) is 14.7. The van der Waals surface area contributed by atoms with Crippen LogP contribution in [0.15, 0.2) is 43.0 Å². The number of imidazole rings is 1. The van der Waals surface area contributed by atoms with Crippen LogP contribution in [-0.4, -0.2) is 47.9 Å². The first-order valence-electron chi connectivity index (χ1n) is 9.55. The Morgan fingerprint density at radius 3 is 2.87 bits per heavy atom. The van der Waals surface area contributed by atoms with Crippen LogP contribution in [0.2, 0.25) is 5.02 Å². The van der Waals surface area contributed by atoms with Crippen molar-refractivity contribution in [3.63, 3.8) is 0 Å². The molecule has 0 aliphatic carbocycles. The van der Waals surface area contributed by atoms with Crippen molar-refractivity contribution in [1.82, 2.24) is 24.6 Å². The number of benzene rings is 1. The molecule has 2 aromatic heterocycles. The summed E-state index contributed by atoms with van der Waals surface area (Å²) in [5, 5.41) is 26.8. The first kappa shape index (κ1) is 22.8. The molecule has 10 heteroatoms. The number of rotatable bonds is 8. The Balaban J connectivity index is 1.60. The molecule has 0 radical (unpaired) electrons. The summed E-state index contributed by atoms with van der Waals surface area (Å²) in [6.45, 7) is 4.18. The second-order valence-corrected chi connectivity index (χ2v) is 8.34. The van der Waals surface area contributed by atoms with Crippen molar-refractivity contribution in [2.75, 3.05) is 5.88 Å². The molecule has 2 atom stereocenters. The quantitative estimate of drug-likeness (QED) is 0.502. The molecule has 162 valence electrons. The molecular formula is C21H22Cl2N6O2. The van der Waals surface area contributed by atoms with Gasteiger partial charge in [-0.05, 0) is 32.0 Å². The maximum atomic E-state index is 12.5. The maximum absolute atomic E-state index is 12.5. The normalized spacial score (nSPS) is 13.9. The zero-order chi connectivity index (χ0) is 22.6. The van der Waals surface area contributed by atoms with Crippen molar-refractivity contribution < 1.29 is 9.90 Å². The summed E-state index contributed by atoms with van der Waals surface area (Å²) in [5.74, 6) is -0.243. The summed E-state index contributed by atoms with van der Waals surface area (Å²) >= 11 is 11.8. The van der Waals surface area contributed by atoms with Gasteiger partial charge < -0.3 is 15.0 Å². The molecule has 0 saturated heterocycles. The fourth-order valence-corrected chi connectivity index (χ4v) is 3.31. The molecule has 0 aliphatic rings. The number of hydrogen-bond acceptors (Lipinski definition) is 5. The Morgan fingerprint density at radius 1 is 1.42 bits per heavy atom. The topological polar surface area (TPSA) is 109 Å². The minimum atomic E-state index is -1.08. The molecule has 8 nitrogen and oxygen atoms in total. The van der Waals surface area contributed by atoms with E-state index in [4.69, 9.17) is 28.5 Å². The highest BCUT2D eigenvalue weighted by Crippen LogP contribution is 2.24. The van der Waals surface area contributed by atoms with E-state index < -0.39 is 5.60 Å². The van der Waals surface area contributed by atoms with Crippen molar-refractivity contribution in [3.8, 4) is 17.3 Å². The monoisotopic (exact) mass is 460 g/mol. The zero-order valence-electron chi connectivity index (χ0n) is 17.1. The fourth-order valence-electron chi connectivity index (χ4n) is 3.01. The van der Waals surface area contributed by atoms with Crippen molar-refractivity contribution >= 4 is 29.1 Å². The second kappa shape index (κ2) is 9.52. The van der Waals surface area contributed by atoms with E-state index in [9.17, 15) is 9.90 Å². The number of halogens is 2. The van der Waals surface area contributed by atoms with E-state index in [1.807, 2.05) is 25.3 Å². The summed E-state index contributed by atoms with van der Waals surface area (Å²) in [5.41, 5.74) is 1.11. The second-order valence-electron chi connectivity index (χ2n) is 7.67. The molecular weight excluding hydrogens is 439 g/mol. The Bertz CT molecular complexity index is 1120. The van der Waals surface area contributed by atoms with E-state index in [0.717, 1.165) is 11.3 Å².